The SMILES string of the molecule is COCCCn1nnnc1-c1cc(N)cc(Cl)c1Cl. The Kier molecular flexibility index (Phi) is 4.57. The Morgan fingerprint density at radius 3 is 2.89 bits per heavy atom. The number of benzene rings is 1. The van der Waals surface area contributed by atoms with Crippen LogP contribution in [0.25, 0.3) is 11.4 Å². The molecule has 0 saturated carbocycles. The van der Waals surface area contributed by atoms with E-state index in [2.05, 4.69) is 15.5 Å². The quantitative estimate of drug-likeness (QED) is 0.677. The van der Waals surface area contributed by atoms with E-state index in [9.17, 15) is 0 Å². The van der Waals surface area contributed by atoms with E-state index in [0.717, 1.165) is 6.42 Å². The monoisotopic (exact) mass is 301 g/mol. The topological polar surface area (TPSA) is 78.8 Å². The van der Waals surface area contributed by atoms with Crippen LogP contribution in [0.3, 0.4) is 0 Å². The van der Waals surface area contributed by atoms with Crippen LogP contribution in [0.1, 0.15) is 6.42 Å². The number of rotatable bonds is 5. The van der Waals surface area contributed by atoms with Crippen molar-refractivity contribution < 1.29 is 4.74 Å². The van der Waals surface area contributed by atoms with Gasteiger partial charge in [0.05, 0.1) is 10.0 Å². The molecule has 0 aliphatic rings. The maximum absolute atomic E-state index is 6.17. The van der Waals surface area contributed by atoms with Crippen LogP contribution in [0.4, 0.5) is 5.69 Å². The standard InChI is InChI=1S/C11H13Cl2N5O/c1-19-4-2-3-18-11(15-16-17-18)8-5-7(14)6-9(12)10(8)13/h5-6H,2-4,14H2,1H3. The zero-order valence-corrected chi connectivity index (χ0v) is 11.8. The van der Waals surface area contributed by atoms with E-state index in [4.69, 9.17) is 33.7 Å². The Hall–Kier alpha value is -1.37. The van der Waals surface area contributed by atoms with E-state index in [1.54, 1.807) is 23.9 Å². The summed E-state index contributed by atoms with van der Waals surface area (Å²) in [6, 6.07) is 3.29. The van der Waals surface area contributed by atoms with E-state index in [-0.39, 0.29) is 0 Å². The van der Waals surface area contributed by atoms with Crippen molar-refractivity contribution in [1.29, 1.82) is 0 Å². The lowest BCUT2D eigenvalue weighted by molar-refractivity contribution is 0.189. The first-order chi connectivity index (χ1) is 9.13. The second-order valence-corrected chi connectivity index (χ2v) is 4.72. The van der Waals surface area contributed by atoms with Crippen LogP contribution in [-0.2, 0) is 11.3 Å². The zero-order chi connectivity index (χ0) is 13.8. The Labute approximate surface area is 120 Å². The molecule has 1 aromatic carbocycles. The average Bonchev–Trinajstić information content (AvgIpc) is 2.82. The summed E-state index contributed by atoms with van der Waals surface area (Å²) < 4.78 is 6.65. The first kappa shape index (κ1) is 14.0. The highest BCUT2D eigenvalue weighted by Gasteiger charge is 2.15. The lowest BCUT2D eigenvalue weighted by Crippen LogP contribution is -2.06. The molecule has 0 fully saturated rings. The number of nitrogens with two attached hydrogens (primary N) is 1. The van der Waals surface area contributed by atoms with Crippen LogP contribution in [0, 0.1) is 0 Å². The highest BCUT2D eigenvalue weighted by atomic mass is 35.5. The fourth-order valence-corrected chi connectivity index (χ4v) is 2.10. The van der Waals surface area contributed by atoms with Gasteiger partial charge in [0.25, 0.3) is 0 Å². The van der Waals surface area contributed by atoms with Gasteiger partial charge in [-0.3, -0.25) is 0 Å². The summed E-state index contributed by atoms with van der Waals surface area (Å²) >= 11 is 12.2. The normalized spacial score (nSPS) is 10.9. The van der Waals surface area contributed by atoms with Gasteiger partial charge in [0.15, 0.2) is 5.82 Å². The molecule has 19 heavy (non-hydrogen) atoms. The maximum Gasteiger partial charge on any atom is 0.183 e. The number of methoxy groups -OCH3 is 1. The molecule has 2 rings (SSSR count). The number of aryl methyl sites for hydroxylation is 1. The molecular weight excluding hydrogens is 289 g/mol. The predicted octanol–water partition coefficient (Wildman–Crippen LogP) is 2.27. The summed E-state index contributed by atoms with van der Waals surface area (Å²) in [5.41, 5.74) is 6.89. The molecule has 0 saturated heterocycles. The minimum atomic E-state index is 0.378. The van der Waals surface area contributed by atoms with Gasteiger partial charge in [0.1, 0.15) is 0 Å². The number of nitrogens with zero attached hydrogens (tertiary/aromatic N) is 4. The van der Waals surface area contributed by atoms with Crippen molar-refractivity contribution in [3.63, 3.8) is 0 Å². The van der Waals surface area contributed by atoms with Crippen LogP contribution in [0.15, 0.2) is 12.1 Å². The molecule has 0 unspecified atom stereocenters. The van der Waals surface area contributed by atoms with Crippen LogP contribution < -0.4 is 5.73 Å². The number of aromatic nitrogens is 4. The number of hydrogen-bond donors (Lipinski definition) is 1. The van der Waals surface area contributed by atoms with Crippen molar-refractivity contribution in [3.8, 4) is 11.4 Å². The van der Waals surface area contributed by atoms with Crippen molar-refractivity contribution in [1.82, 2.24) is 20.2 Å². The van der Waals surface area contributed by atoms with E-state index in [1.807, 2.05) is 0 Å². The summed E-state index contributed by atoms with van der Waals surface area (Å²) in [6.07, 6.45) is 0.794. The minimum absolute atomic E-state index is 0.378. The van der Waals surface area contributed by atoms with E-state index in [1.165, 1.54) is 0 Å². The molecule has 0 aliphatic heterocycles. The van der Waals surface area contributed by atoms with Gasteiger partial charge < -0.3 is 10.5 Å². The van der Waals surface area contributed by atoms with Crippen LogP contribution in [-0.4, -0.2) is 33.9 Å². The molecule has 0 bridgehead atoms. The number of nitrogen functional groups attached to an aromatic ring is 1. The van der Waals surface area contributed by atoms with Gasteiger partial charge in [-0.05, 0) is 29.0 Å². The largest absolute Gasteiger partial charge is 0.399 e. The molecule has 102 valence electrons. The van der Waals surface area contributed by atoms with Gasteiger partial charge in [-0.15, -0.1) is 5.10 Å². The Bertz CT molecular complexity index is 572. The van der Waals surface area contributed by atoms with Gasteiger partial charge in [-0.1, -0.05) is 23.2 Å². The number of halogens is 2. The van der Waals surface area contributed by atoms with Crippen LogP contribution in [0.2, 0.25) is 10.0 Å². The second-order valence-electron chi connectivity index (χ2n) is 3.94. The van der Waals surface area contributed by atoms with E-state index in [0.29, 0.717) is 40.3 Å². The Balaban J connectivity index is 2.34. The Morgan fingerprint density at radius 2 is 2.16 bits per heavy atom. The molecule has 0 atom stereocenters. The molecule has 1 aromatic heterocycles. The van der Waals surface area contributed by atoms with Gasteiger partial charge in [-0.25, -0.2) is 4.68 Å². The van der Waals surface area contributed by atoms with E-state index >= 15 is 0 Å². The number of tetrazole rings is 1. The summed E-state index contributed by atoms with van der Waals surface area (Å²) in [5, 5.41) is 12.3. The lowest BCUT2D eigenvalue weighted by Gasteiger charge is -2.08. The number of hydrogen-bond acceptors (Lipinski definition) is 5. The van der Waals surface area contributed by atoms with Crippen molar-refractivity contribution in [3.05, 3.63) is 22.2 Å². The molecular formula is C11H13Cl2N5O. The third-order valence-electron chi connectivity index (χ3n) is 2.54. The molecule has 0 spiro atoms. The van der Waals surface area contributed by atoms with Gasteiger partial charge in [-0.2, -0.15) is 0 Å². The van der Waals surface area contributed by atoms with Crippen LogP contribution in [0.5, 0.6) is 0 Å². The molecule has 2 N–H and O–H groups in total. The number of ether oxygens (including phenoxy) is 1. The van der Waals surface area contributed by atoms with E-state index < -0.39 is 0 Å². The maximum atomic E-state index is 6.17. The van der Waals surface area contributed by atoms with Crippen molar-refractivity contribution in [2.45, 2.75) is 13.0 Å². The second kappa shape index (κ2) is 6.18. The summed E-state index contributed by atoms with van der Waals surface area (Å²) in [6.45, 7) is 1.25. The molecule has 1 heterocycles. The third-order valence-corrected chi connectivity index (χ3v) is 3.34. The third kappa shape index (κ3) is 3.15. The summed E-state index contributed by atoms with van der Waals surface area (Å²) in [5.74, 6) is 0.537. The van der Waals surface area contributed by atoms with Crippen molar-refractivity contribution in [2.75, 3.05) is 19.5 Å². The highest BCUT2D eigenvalue weighted by molar-refractivity contribution is 6.43. The number of anilines is 1. The van der Waals surface area contributed by atoms with Crippen molar-refractivity contribution >= 4 is 28.9 Å². The molecule has 0 radical (unpaired) electrons. The van der Waals surface area contributed by atoms with Gasteiger partial charge in [0, 0.05) is 31.5 Å². The molecule has 2 aromatic rings. The van der Waals surface area contributed by atoms with Crippen LogP contribution >= 0.6 is 23.2 Å². The summed E-state index contributed by atoms with van der Waals surface area (Å²) in [4.78, 5) is 0. The van der Waals surface area contributed by atoms with Gasteiger partial charge in [0.2, 0.25) is 0 Å². The van der Waals surface area contributed by atoms with Gasteiger partial charge >= 0.3 is 0 Å². The first-order valence-corrected chi connectivity index (χ1v) is 6.39. The zero-order valence-electron chi connectivity index (χ0n) is 10.3. The molecule has 6 nitrogen and oxygen atoms in total. The molecule has 0 aliphatic carbocycles. The van der Waals surface area contributed by atoms with Crippen molar-refractivity contribution in [2.24, 2.45) is 0 Å². The minimum Gasteiger partial charge on any atom is -0.399 e. The molecule has 0 amide bonds. The summed E-state index contributed by atoms with van der Waals surface area (Å²) in [7, 11) is 1.65. The fraction of sp³-hybridized carbons (Fsp3) is 0.364. The highest BCUT2D eigenvalue weighted by Crippen LogP contribution is 2.34. The molecule has 8 heteroatoms. The average molecular weight is 302 g/mol. The predicted molar refractivity (Wildman–Crippen MR) is 74.2 cm³/mol. The smallest absolute Gasteiger partial charge is 0.183 e. The lowest BCUT2D eigenvalue weighted by atomic mass is 10.2. The first-order valence-electron chi connectivity index (χ1n) is 5.63. The Morgan fingerprint density at radius 1 is 1.37 bits per heavy atom. The fourth-order valence-electron chi connectivity index (χ4n) is 1.68.